The summed E-state index contributed by atoms with van der Waals surface area (Å²) in [5, 5.41) is 5.40. The molecule has 2 N–H and O–H groups in total. The average molecular weight is 487 g/mol. The third-order valence-electron chi connectivity index (χ3n) is 6.53. The number of nitrogens with zero attached hydrogens (tertiary/aromatic N) is 2. The van der Waals surface area contributed by atoms with Crippen LogP contribution in [0.25, 0.3) is 10.9 Å². The van der Waals surface area contributed by atoms with Gasteiger partial charge in [-0.15, -0.1) is 19.0 Å². The molecule has 4 rings (SSSR count). The summed E-state index contributed by atoms with van der Waals surface area (Å²) in [5.74, 6) is -0.268. The summed E-state index contributed by atoms with van der Waals surface area (Å²) in [6, 6.07) is 8.76. The van der Waals surface area contributed by atoms with Crippen LogP contribution in [0.5, 0.6) is 0 Å². The maximum atomic E-state index is 13.8. The summed E-state index contributed by atoms with van der Waals surface area (Å²) in [7, 11) is 0. The minimum atomic E-state index is -0.268. The summed E-state index contributed by atoms with van der Waals surface area (Å²) >= 11 is 5.96. The zero-order valence-corrected chi connectivity index (χ0v) is 20.9. The number of aromatic nitrogens is 2. The van der Waals surface area contributed by atoms with E-state index >= 15 is 0 Å². The molecule has 1 aliphatic rings. The van der Waals surface area contributed by atoms with Gasteiger partial charge in [-0.2, -0.15) is 0 Å². The van der Waals surface area contributed by atoms with Gasteiger partial charge in [-0.3, -0.25) is 4.98 Å². The van der Waals surface area contributed by atoms with E-state index in [0.717, 1.165) is 40.8 Å². The van der Waals surface area contributed by atoms with Crippen LogP contribution in [0, 0.1) is 19.7 Å². The van der Waals surface area contributed by atoms with E-state index in [9.17, 15) is 4.39 Å². The Morgan fingerprint density at radius 1 is 1.24 bits per heavy atom. The molecule has 7 heteroatoms. The summed E-state index contributed by atoms with van der Waals surface area (Å²) in [5.41, 5.74) is 5.11. The number of hydrogen-bond acceptors (Lipinski definition) is 2. The molecule has 0 saturated heterocycles. The van der Waals surface area contributed by atoms with Gasteiger partial charge < -0.3 is 15.2 Å². The third-order valence-corrected chi connectivity index (χ3v) is 6.85. The van der Waals surface area contributed by atoms with Crippen molar-refractivity contribution < 1.29 is 4.39 Å². The van der Waals surface area contributed by atoms with E-state index in [4.69, 9.17) is 17.2 Å². The molecular formula is C26H32ClFN4S. The van der Waals surface area contributed by atoms with Crippen LogP contribution >= 0.6 is 24.6 Å². The summed E-state index contributed by atoms with van der Waals surface area (Å²) in [4.78, 5) is 10.4. The van der Waals surface area contributed by atoms with E-state index in [-0.39, 0.29) is 24.3 Å². The first kappa shape index (κ1) is 25.2. The van der Waals surface area contributed by atoms with E-state index in [1.54, 1.807) is 12.1 Å². The fourth-order valence-corrected chi connectivity index (χ4v) is 5.09. The van der Waals surface area contributed by atoms with Crippen molar-refractivity contribution in [2.45, 2.75) is 64.5 Å². The normalized spacial score (nSPS) is 15.0. The van der Waals surface area contributed by atoms with Gasteiger partial charge in [0.1, 0.15) is 5.82 Å². The van der Waals surface area contributed by atoms with Crippen LogP contribution in [-0.4, -0.2) is 21.1 Å². The Morgan fingerprint density at radius 3 is 2.61 bits per heavy atom. The molecule has 1 fully saturated rings. The fourth-order valence-electron chi connectivity index (χ4n) is 4.69. The lowest BCUT2D eigenvalue weighted by Gasteiger charge is -2.36. The molecule has 1 aliphatic carbocycles. The molecule has 4 nitrogen and oxygen atoms in total. The zero-order valence-electron chi connectivity index (χ0n) is 19.2. The molecule has 1 aromatic carbocycles. The number of benzene rings is 1. The number of aromatic amines is 1. The predicted octanol–water partition coefficient (Wildman–Crippen LogP) is 7.07. The summed E-state index contributed by atoms with van der Waals surface area (Å²) in [6.07, 6.45) is 10.3. The zero-order chi connectivity index (χ0) is 22.7. The molecule has 3 aromatic rings. The Kier molecular flexibility index (Phi) is 8.49. The van der Waals surface area contributed by atoms with Crippen molar-refractivity contribution in [2.75, 3.05) is 4.90 Å². The van der Waals surface area contributed by atoms with Gasteiger partial charge in [-0.05, 0) is 81.2 Å². The molecule has 1 saturated carbocycles. The summed E-state index contributed by atoms with van der Waals surface area (Å²) in [6.45, 7) is 8.20. The molecule has 0 amide bonds. The number of pyridine rings is 1. The maximum Gasteiger partial charge on any atom is 0.174 e. The molecule has 0 aliphatic heterocycles. The second-order valence-corrected chi connectivity index (χ2v) is 9.05. The van der Waals surface area contributed by atoms with Gasteiger partial charge in [0.05, 0.1) is 17.3 Å². The number of thiocarbonyl (C=S) groups is 1. The van der Waals surface area contributed by atoms with Crippen LogP contribution in [-0.2, 0) is 0 Å². The van der Waals surface area contributed by atoms with E-state index < -0.39 is 0 Å². The van der Waals surface area contributed by atoms with Crippen LogP contribution in [0.15, 0.2) is 49.2 Å². The van der Waals surface area contributed by atoms with Crippen molar-refractivity contribution in [3.8, 4) is 0 Å². The van der Waals surface area contributed by atoms with Crippen LogP contribution in [0.2, 0.25) is 0 Å². The van der Waals surface area contributed by atoms with Gasteiger partial charge in [-0.1, -0.05) is 25.3 Å². The number of nitrogens with one attached hydrogen (secondary N) is 2. The molecule has 1 unspecified atom stereocenters. The second kappa shape index (κ2) is 11.1. The highest BCUT2D eigenvalue weighted by Crippen LogP contribution is 2.35. The molecule has 176 valence electrons. The SMILES string of the molecule is C=CCC(c1nccc2c(C)c(C)[nH]c12)N(C(=S)NC1CCCCC1)c1ccc(F)cc1.Cl. The van der Waals surface area contributed by atoms with Gasteiger partial charge in [0.15, 0.2) is 5.11 Å². The smallest absolute Gasteiger partial charge is 0.174 e. The van der Waals surface area contributed by atoms with Crippen molar-refractivity contribution in [2.24, 2.45) is 0 Å². The first-order valence-electron chi connectivity index (χ1n) is 11.4. The monoisotopic (exact) mass is 486 g/mol. The molecule has 33 heavy (non-hydrogen) atoms. The quantitative estimate of drug-likeness (QED) is 0.289. The largest absolute Gasteiger partial charge is 0.360 e. The van der Waals surface area contributed by atoms with Crippen molar-refractivity contribution >= 4 is 46.3 Å². The predicted molar refractivity (Wildman–Crippen MR) is 142 cm³/mol. The Hall–Kier alpha value is -2.44. The van der Waals surface area contributed by atoms with E-state index in [1.807, 2.05) is 18.3 Å². The van der Waals surface area contributed by atoms with Gasteiger partial charge in [0.2, 0.25) is 0 Å². The molecular weight excluding hydrogens is 455 g/mol. The first-order valence-corrected chi connectivity index (χ1v) is 11.8. The molecule has 1 atom stereocenters. The molecule has 0 spiro atoms. The lowest BCUT2D eigenvalue weighted by Crippen LogP contribution is -2.47. The van der Waals surface area contributed by atoms with Gasteiger partial charge in [-0.25, -0.2) is 4.39 Å². The number of fused-ring (bicyclic) bond motifs is 1. The Balaban J connectivity index is 0.00000306. The Labute approximate surface area is 207 Å². The van der Waals surface area contributed by atoms with Crippen LogP contribution in [0.3, 0.4) is 0 Å². The molecule has 0 bridgehead atoms. The summed E-state index contributed by atoms with van der Waals surface area (Å²) < 4.78 is 13.8. The van der Waals surface area contributed by atoms with Crippen molar-refractivity contribution in [3.63, 3.8) is 0 Å². The van der Waals surface area contributed by atoms with E-state index in [2.05, 4.69) is 35.6 Å². The molecule has 2 aromatic heterocycles. The highest BCUT2D eigenvalue weighted by Gasteiger charge is 2.29. The third kappa shape index (κ3) is 5.39. The van der Waals surface area contributed by atoms with Crippen LogP contribution < -0.4 is 10.2 Å². The maximum absolute atomic E-state index is 13.8. The fraction of sp³-hybridized carbons (Fsp3) is 0.385. The topological polar surface area (TPSA) is 44.0 Å². The number of hydrogen-bond donors (Lipinski definition) is 2. The van der Waals surface area contributed by atoms with Crippen LogP contribution in [0.1, 0.15) is 61.5 Å². The lowest BCUT2D eigenvalue weighted by atomic mass is 9.95. The number of H-pyrrole nitrogens is 1. The number of anilines is 1. The minimum Gasteiger partial charge on any atom is -0.360 e. The lowest BCUT2D eigenvalue weighted by molar-refractivity contribution is 0.412. The van der Waals surface area contributed by atoms with E-state index in [0.29, 0.717) is 17.6 Å². The standard InChI is InChI=1S/C26H31FN4S.ClH/c1-4-8-23(25-24-22(15-16-28-25)17(2)18(3)29-24)31(21-13-11-19(27)12-14-21)26(32)30-20-9-6-5-7-10-20;/h4,11-16,20,23,29H,1,5-10H2,2-3H3,(H,30,32);1H. The van der Waals surface area contributed by atoms with Gasteiger partial charge >= 0.3 is 0 Å². The molecule has 2 heterocycles. The van der Waals surface area contributed by atoms with Gasteiger partial charge in [0, 0.05) is 29.0 Å². The van der Waals surface area contributed by atoms with Crippen molar-refractivity contribution in [3.05, 3.63) is 72.0 Å². The van der Waals surface area contributed by atoms with Crippen molar-refractivity contribution in [1.29, 1.82) is 0 Å². The van der Waals surface area contributed by atoms with Gasteiger partial charge in [0.25, 0.3) is 0 Å². The van der Waals surface area contributed by atoms with E-state index in [1.165, 1.54) is 37.0 Å². The number of rotatable bonds is 6. The average Bonchev–Trinajstić information content (AvgIpc) is 3.09. The Bertz CT molecular complexity index is 1110. The van der Waals surface area contributed by atoms with Crippen LogP contribution in [0.4, 0.5) is 10.1 Å². The minimum absolute atomic E-state index is 0. The first-order chi connectivity index (χ1) is 15.5. The highest BCUT2D eigenvalue weighted by atomic mass is 35.5. The number of halogens is 2. The second-order valence-electron chi connectivity index (χ2n) is 8.66. The highest BCUT2D eigenvalue weighted by molar-refractivity contribution is 7.80. The Morgan fingerprint density at radius 2 is 1.94 bits per heavy atom. The van der Waals surface area contributed by atoms with Crippen molar-refractivity contribution in [1.82, 2.24) is 15.3 Å². The molecule has 0 radical (unpaired) electrons. The number of aryl methyl sites for hydroxylation is 2.